The molecule has 4 heteroatoms. The van der Waals surface area contributed by atoms with Gasteiger partial charge in [0.05, 0.1) is 0 Å². The molecule has 1 aliphatic heterocycles. The monoisotopic (exact) mass is 289 g/mol. The number of piperazine rings is 1. The number of benzene rings is 1. The van der Waals surface area contributed by atoms with E-state index in [0.29, 0.717) is 5.92 Å². The molecule has 1 fully saturated rings. The average molecular weight is 289 g/mol. The molecule has 1 aliphatic rings. The van der Waals surface area contributed by atoms with Crippen LogP contribution in [0.3, 0.4) is 0 Å². The molecule has 1 aromatic rings. The predicted molar refractivity (Wildman–Crippen MR) is 86.2 cm³/mol. The molecule has 1 aromatic carbocycles. The summed E-state index contributed by atoms with van der Waals surface area (Å²) in [4.78, 5) is 15.6. The third-order valence-electron chi connectivity index (χ3n) is 4.30. The number of amides is 1. The Bertz CT molecular complexity index is 461. The van der Waals surface area contributed by atoms with Gasteiger partial charge in [-0.2, -0.15) is 0 Å². The summed E-state index contributed by atoms with van der Waals surface area (Å²) in [6, 6.07) is 8.67. The summed E-state index contributed by atoms with van der Waals surface area (Å²) in [7, 11) is 0. The van der Waals surface area contributed by atoms with Crippen LogP contribution in [-0.2, 0) is 4.79 Å². The molecule has 4 nitrogen and oxygen atoms in total. The highest BCUT2D eigenvalue weighted by Crippen LogP contribution is 2.18. The summed E-state index contributed by atoms with van der Waals surface area (Å²) in [5.74, 6) is 0.721. The van der Waals surface area contributed by atoms with Crippen molar-refractivity contribution in [2.75, 3.05) is 32.7 Å². The van der Waals surface area contributed by atoms with Crippen molar-refractivity contribution in [3.05, 3.63) is 35.4 Å². The van der Waals surface area contributed by atoms with Gasteiger partial charge in [-0.05, 0) is 17.0 Å². The van der Waals surface area contributed by atoms with Crippen LogP contribution in [0.4, 0.5) is 0 Å². The van der Waals surface area contributed by atoms with Crippen LogP contribution in [0, 0.1) is 0 Å². The molecular formula is C17H27N3O. The molecule has 0 bridgehead atoms. The first-order chi connectivity index (χ1) is 9.97. The van der Waals surface area contributed by atoms with Crippen molar-refractivity contribution >= 4 is 5.91 Å². The number of rotatable bonds is 4. The lowest BCUT2D eigenvalue weighted by atomic mass is 9.99. The Hall–Kier alpha value is -1.39. The van der Waals surface area contributed by atoms with E-state index in [0.717, 1.165) is 32.7 Å². The standard InChI is InChI=1S/C17H27N3O/c1-13(2)15-4-6-16(7-5-15)17(18)12-19-8-10-20(11-9-19)14(3)21/h4-7,13,17H,8-12,18H2,1-3H3. The summed E-state index contributed by atoms with van der Waals surface area (Å²) in [6.45, 7) is 10.3. The molecule has 0 aliphatic carbocycles. The van der Waals surface area contributed by atoms with Gasteiger partial charge in [-0.3, -0.25) is 9.69 Å². The first kappa shape index (κ1) is 16.0. The van der Waals surface area contributed by atoms with E-state index in [4.69, 9.17) is 5.73 Å². The fourth-order valence-electron chi connectivity index (χ4n) is 2.76. The smallest absolute Gasteiger partial charge is 0.219 e. The zero-order valence-corrected chi connectivity index (χ0v) is 13.4. The van der Waals surface area contributed by atoms with E-state index in [9.17, 15) is 4.79 Å². The van der Waals surface area contributed by atoms with E-state index in [2.05, 4.69) is 43.0 Å². The Labute approximate surface area is 127 Å². The number of carbonyl (C=O) groups excluding carboxylic acids is 1. The normalized spacial score (nSPS) is 18.0. The first-order valence-corrected chi connectivity index (χ1v) is 7.80. The molecular weight excluding hydrogens is 262 g/mol. The first-order valence-electron chi connectivity index (χ1n) is 7.80. The van der Waals surface area contributed by atoms with E-state index >= 15 is 0 Å². The topological polar surface area (TPSA) is 49.6 Å². The third kappa shape index (κ3) is 4.29. The van der Waals surface area contributed by atoms with Crippen LogP contribution in [0.25, 0.3) is 0 Å². The van der Waals surface area contributed by atoms with Crippen LogP contribution in [0.15, 0.2) is 24.3 Å². The SMILES string of the molecule is CC(=O)N1CCN(CC(N)c2ccc(C(C)C)cc2)CC1. The van der Waals surface area contributed by atoms with E-state index < -0.39 is 0 Å². The van der Waals surface area contributed by atoms with Gasteiger partial charge in [0.2, 0.25) is 5.91 Å². The number of nitrogens with two attached hydrogens (primary N) is 1. The van der Waals surface area contributed by atoms with Crippen LogP contribution in [0.2, 0.25) is 0 Å². The minimum atomic E-state index is 0.0371. The molecule has 2 rings (SSSR count). The summed E-state index contributed by atoms with van der Waals surface area (Å²) in [6.07, 6.45) is 0. The highest BCUT2D eigenvalue weighted by molar-refractivity contribution is 5.73. The molecule has 0 spiro atoms. The Balaban J connectivity index is 1.87. The lowest BCUT2D eigenvalue weighted by Gasteiger charge is -2.35. The third-order valence-corrected chi connectivity index (χ3v) is 4.30. The minimum absolute atomic E-state index is 0.0371. The fourth-order valence-corrected chi connectivity index (χ4v) is 2.76. The van der Waals surface area contributed by atoms with Crippen molar-refractivity contribution in [2.24, 2.45) is 5.73 Å². The lowest BCUT2D eigenvalue weighted by Crippen LogP contribution is -2.49. The maximum Gasteiger partial charge on any atom is 0.219 e. The van der Waals surface area contributed by atoms with Gasteiger partial charge < -0.3 is 10.6 Å². The van der Waals surface area contributed by atoms with Gasteiger partial charge in [-0.1, -0.05) is 38.1 Å². The fraction of sp³-hybridized carbons (Fsp3) is 0.588. The molecule has 2 N–H and O–H groups in total. The summed E-state index contributed by atoms with van der Waals surface area (Å²) >= 11 is 0. The maximum absolute atomic E-state index is 11.3. The molecule has 0 aromatic heterocycles. The summed E-state index contributed by atoms with van der Waals surface area (Å²) in [5.41, 5.74) is 8.86. The van der Waals surface area contributed by atoms with Crippen molar-refractivity contribution in [3.8, 4) is 0 Å². The van der Waals surface area contributed by atoms with Crippen LogP contribution in [0.5, 0.6) is 0 Å². The zero-order valence-electron chi connectivity index (χ0n) is 13.4. The predicted octanol–water partition coefficient (Wildman–Crippen LogP) is 1.97. The van der Waals surface area contributed by atoms with Crippen molar-refractivity contribution in [3.63, 3.8) is 0 Å². The Kier molecular flexibility index (Phi) is 5.37. The van der Waals surface area contributed by atoms with Crippen LogP contribution in [-0.4, -0.2) is 48.4 Å². The largest absolute Gasteiger partial charge is 0.340 e. The van der Waals surface area contributed by atoms with Crippen molar-refractivity contribution in [2.45, 2.75) is 32.7 Å². The molecule has 1 heterocycles. The molecule has 21 heavy (non-hydrogen) atoms. The minimum Gasteiger partial charge on any atom is -0.340 e. The maximum atomic E-state index is 11.3. The van der Waals surface area contributed by atoms with E-state index in [-0.39, 0.29) is 11.9 Å². The highest BCUT2D eigenvalue weighted by Gasteiger charge is 2.20. The van der Waals surface area contributed by atoms with Gasteiger partial charge in [0.1, 0.15) is 0 Å². The summed E-state index contributed by atoms with van der Waals surface area (Å²) in [5, 5.41) is 0. The molecule has 1 saturated heterocycles. The van der Waals surface area contributed by atoms with Crippen molar-refractivity contribution in [1.29, 1.82) is 0 Å². The molecule has 1 unspecified atom stereocenters. The second kappa shape index (κ2) is 7.05. The number of nitrogens with zero attached hydrogens (tertiary/aromatic N) is 2. The molecule has 1 atom stereocenters. The van der Waals surface area contributed by atoms with E-state index in [1.54, 1.807) is 6.92 Å². The molecule has 0 radical (unpaired) electrons. The zero-order chi connectivity index (χ0) is 15.4. The van der Waals surface area contributed by atoms with Crippen molar-refractivity contribution in [1.82, 2.24) is 9.80 Å². The van der Waals surface area contributed by atoms with Gasteiger partial charge in [0.25, 0.3) is 0 Å². The number of hydrogen-bond donors (Lipinski definition) is 1. The van der Waals surface area contributed by atoms with E-state index in [1.807, 2.05) is 4.90 Å². The van der Waals surface area contributed by atoms with Crippen molar-refractivity contribution < 1.29 is 4.79 Å². The van der Waals surface area contributed by atoms with Crippen LogP contribution in [0.1, 0.15) is 43.9 Å². The molecule has 116 valence electrons. The Morgan fingerprint density at radius 2 is 1.62 bits per heavy atom. The molecule has 0 saturated carbocycles. The lowest BCUT2D eigenvalue weighted by molar-refractivity contribution is -0.130. The van der Waals surface area contributed by atoms with Crippen LogP contribution >= 0.6 is 0 Å². The van der Waals surface area contributed by atoms with Gasteiger partial charge in [0, 0.05) is 45.7 Å². The summed E-state index contributed by atoms with van der Waals surface area (Å²) < 4.78 is 0. The van der Waals surface area contributed by atoms with E-state index in [1.165, 1.54) is 11.1 Å². The van der Waals surface area contributed by atoms with Gasteiger partial charge in [0.15, 0.2) is 0 Å². The quantitative estimate of drug-likeness (QED) is 0.922. The molecule has 1 amide bonds. The Morgan fingerprint density at radius 1 is 1.10 bits per heavy atom. The van der Waals surface area contributed by atoms with Gasteiger partial charge in [-0.25, -0.2) is 0 Å². The Morgan fingerprint density at radius 3 is 2.10 bits per heavy atom. The van der Waals surface area contributed by atoms with Gasteiger partial charge in [-0.15, -0.1) is 0 Å². The average Bonchev–Trinajstić information content (AvgIpc) is 2.47. The second-order valence-electron chi connectivity index (χ2n) is 6.23. The highest BCUT2D eigenvalue weighted by atomic mass is 16.2. The van der Waals surface area contributed by atoms with Crippen LogP contribution < -0.4 is 5.73 Å². The van der Waals surface area contributed by atoms with Gasteiger partial charge >= 0.3 is 0 Å². The second-order valence-corrected chi connectivity index (χ2v) is 6.23. The number of hydrogen-bond acceptors (Lipinski definition) is 3. The number of carbonyl (C=O) groups is 1.